The van der Waals surface area contributed by atoms with Crippen LogP contribution in [0, 0.1) is 18.6 Å². The maximum absolute atomic E-state index is 13.8. The van der Waals surface area contributed by atoms with Crippen LogP contribution < -0.4 is 0 Å². The van der Waals surface area contributed by atoms with Gasteiger partial charge >= 0.3 is 0 Å². The first-order valence-electron chi connectivity index (χ1n) is 5.95. The smallest absolute Gasteiger partial charge is 0.256 e. The zero-order valence-corrected chi connectivity index (χ0v) is 10.9. The molecule has 1 aliphatic rings. The minimum absolute atomic E-state index is 0.0318. The van der Waals surface area contributed by atoms with Crippen molar-refractivity contribution in [3.05, 3.63) is 33.9 Å². The first kappa shape index (κ1) is 13.3. The second-order valence-electron chi connectivity index (χ2n) is 4.51. The van der Waals surface area contributed by atoms with Crippen molar-refractivity contribution in [2.75, 3.05) is 13.1 Å². The van der Waals surface area contributed by atoms with Crippen molar-refractivity contribution in [2.45, 2.75) is 26.2 Å². The molecule has 0 spiro atoms. The molecule has 0 aliphatic carbocycles. The zero-order chi connectivity index (χ0) is 13.3. The Bertz CT molecular complexity index is 484. The first-order valence-corrected chi connectivity index (χ1v) is 6.33. The van der Waals surface area contributed by atoms with Gasteiger partial charge in [-0.05, 0) is 32.3 Å². The predicted molar refractivity (Wildman–Crippen MR) is 65.9 cm³/mol. The molecule has 1 aromatic rings. The third kappa shape index (κ3) is 2.34. The number of piperidine rings is 1. The summed E-state index contributed by atoms with van der Waals surface area (Å²) in [7, 11) is 0. The van der Waals surface area contributed by atoms with E-state index in [2.05, 4.69) is 0 Å². The molecule has 0 unspecified atom stereocenters. The number of benzene rings is 1. The van der Waals surface area contributed by atoms with Gasteiger partial charge in [-0.3, -0.25) is 4.79 Å². The zero-order valence-electron chi connectivity index (χ0n) is 10.1. The van der Waals surface area contributed by atoms with E-state index in [1.807, 2.05) is 0 Å². The molecule has 0 atom stereocenters. The van der Waals surface area contributed by atoms with Crippen molar-refractivity contribution in [2.24, 2.45) is 0 Å². The van der Waals surface area contributed by atoms with Crippen molar-refractivity contribution in [1.29, 1.82) is 0 Å². The molecule has 0 saturated carbocycles. The number of rotatable bonds is 1. The first-order chi connectivity index (χ1) is 8.52. The van der Waals surface area contributed by atoms with Gasteiger partial charge in [0.25, 0.3) is 5.91 Å². The molecule has 1 aromatic carbocycles. The highest BCUT2D eigenvalue weighted by Crippen LogP contribution is 2.25. The Balaban J connectivity index is 2.35. The minimum atomic E-state index is -1.10. The van der Waals surface area contributed by atoms with E-state index in [4.69, 9.17) is 11.6 Å². The molecule has 0 N–H and O–H groups in total. The lowest BCUT2D eigenvalue weighted by atomic mass is 10.1. The van der Waals surface area contributed by atoms with Crippen LogP contribution >= 0.6 is 11.6 Å². The van der Waals surface area contributed by atoms with Gasteiger partial charge in [-0.15, -0.1) is 0 Å². The summed E-state index contributed by atoms with van der Waals surface area (Å²) < 4.78 is 27.3. The number of amides is 1. The van der Waals surface area contributed by atoms with Crippen molar-refractivity contribution in [3.63, 3.8) is 0 Å². The molecule has 1 saturated heterocycles. The maximum atomic E-state index is 13.8. The van der Waals surface area contributed by atoms with Crippen molar-refractivity contribution in [3.8, 4) is 0 Å². The molecule has 98 valence electrons. The number of likely N-dealkylation sites (tertiary alicyclic amines) is 1. The second-order valence-corrected chi connectivity index (χ2v) is 4.92. The summed E-state index contributed by atoms with van der Waals surface area (Å²) in [5.41, 5.74) is -0.241. The van der Waals surface area contributed by atoms with Gasteiger partial charge in [0.15, 0.2) is 11.6 Å². The third-order valence-electron chi connectivity index (χ3n) is 3.26. The highest BCUT2D eigenvalue weighted by Gasteiger charge is 2.24. The van der Waals surface area contributed by atoms with Gasteiger partial charge in [0.05, 0.1) is 5.56 Å². The van der Waals surface area contributed by atoms with E-state index < -0.39 is 17.5 Å². The molecule has 1 heterocycles. The fourth-order valence-corrected chi connectivity index (χ4v) is 2.30. The van der Waals surface area contributed by atoms with E-state index in [1.54, 1.807) is 4.90 Å². The second kappa shape index (κ2) is 5.22. The number of hydrogen-bond donors (Lipinski definition) is 0. The predicted octanol–water partition coefficient (Wildman–Crippen LogP) is 3.55. The molecule has 2 rings (SSSR count). The maximum Gasteiger partial charge on any atom is 0.256 e. The van der Waals surface area contributed by atoms with Crippen LogP contribution in [0.5, 0.6) is 0 Å². The van der Waals surface area contributed by atoms with Gasteiger partial charge in [-0.1, -0.05) is 11.6 Å². The molecule has 2 nitrogen and oxygen atoms in total. The molecule has 1 aliphatic heterocycles. The number of halogens is 3. The van der Waals surface area contributed by atoms with Crippen LogP contribution in [-0.4, -0.2) is 23.9 Å². The Hall–Kier alpha value is -1.16. The summed E-state index contributed by atoms with van der Waals surface area (Å²) in [6.45, 7) is 2.56. The molecule has 0 radical (unpaired) electrons. The molecular weight excluding hydrogens is 260 g/mol. The SMILES string of the molecule is Cc1c(Cl)cc(C(=O)N2CCCCC2)c(F)c1F. The lowest BCUT2D eigenvalue weighted by molar-refractivity contribution is 0.0718. The van der Waals surface area contributed by atoms with Crippen LogP contribution in [0.4, 0.5) is 8.78 Å². The van der Waals surface area contributed by atoms with Crippen LogP contribution in [0.1, 0.15) is 35.2 Å². The Morgan fingerprint density at radius 1 is 1.22 bits per heavy atom. The van der Waals surface area contributed by atoms with Crippen molar-refractivity contribution < 1.29 is 13.6 Å². The largest absolute Gasteiger partial charge is 0.339 e. The number of carbonyl (C=O) groups is 1. The van der Waals surface area contributed by atoms with Gasteiger partial charge in [0.2, 0.25) is 0 Å². The number of carbonyl (C=O) groups excluding carboxylic acids is 1. The summed E-state index contributed by atoms with van der Waals surface area (Å²) in [6, 6.07) is 1.21. The Labute approximate surface area is 110 Å². The van der Waals surface area contributed by atoms with Gasteiger partial charge in [-0.2, -0.15) is 0 Å². The summed E-state index contributed by atoms with van der Waals surface area (Å²) in [5.74, 6) is -2.62. The average Bonchev–Trinajstić information content (AvgIpc) is 2.41. The van der Waals surface area contributed by atoms with Crippen LogP contribution in [0.25, 0.3) is 0 Å². The van der Waals surface area contributed by atoms with Gasteiger partial charge in [0, 0.05) is 23.7 Å². The molecule has 1 fully saturated rings. The van der Waals surface area contributed by atoms with E-state index in [1.165, 1.54) is 13.0 Å². The van der Waals surface area contributed by atoms with Crippen molar-refractivity contribution >= 4 is 17.5 Å². The number of hydrogen-bond acceptors (Lipinski definition) is 1. The van der Waals surface area contributed by atoms with E-state index >= 15 is 0 Å². The fraction of sp³-hybridized carbons (Fsp3) is 0.462. The van der Waals surface area contributed by atoms with E-state index in [-0.39, 0.29) is 16.1 Å². The van der Waals surface area contributed by atoms with Crippen LogP contribution in [0.15, 0.2) is 6.07 Å². The lowest BCUT2D eigenvalue weighted by Gasteiger charge is -2.27. The van der Waals surface area contributed by atoms with Crippen LogP contribution in [0.3, 0.4) is 0 Å². The van der Waals surface area contributed by atoms with Gasteiger partial charge < -0.3 is 4.90 Å². The minimum Gasteiger partial charge on any atom is -0.339 e. The fourth-order valence-electron chi connectivity index (χ4n) is 2.11. The van der Waals surface area contributed by atoms with E-state index in [0.29, 0.717) is 13.1 Å². The topological polar surface area (TPSA) is 20.3 Å². The monoisotopic (exact) mass is 273 g/mol. The molecule has 0 bridgehead atoms. The standard InChI is InChI=1S/C13H14ClF2NO/c1-8-10(14)7-9(12(16)11(8)15)13(18)17-5-3-2-4-6-17/h7H,2-6H2,1H3. The van der Waals surface area contributed by atoms with E-state index in [0.717, 1.165) is 19.3 Å². The summed E-state index contributed by atoms with van der Waals surface area (Å²) in [5, 5.41) is 0.0780. The molecule has 18 heavy (non-hydrogen) atoms. The Morgan fingerprint density at radius 3 is 2.44 bits per heavy atom. The lowest BCUT2D eigenvalue weighted by Crippen LogP contribution is -2.36. The molecule has 5 heteroatoms. The summed E-state index contributed by atoms with van der Waals surface area (Å²) >= 11 is 5.80. The van der Waals surface area contributed by atoms with Gasteiger partial charge in [-0.25, -0.2) is 8.78 Å². The highest BCUT2D eigenvalue weighted by molar-refractivity contribution is 6.31. The van der Waals surface area contributed by atoms with Crippen LogP contribution in [0.2, 0.25) is 5.02 Å². The van der Waals surface area contributed by atoms with Gasteiger partial charge in [0.1, 0.15) is 0 Å². The highest BCUT2D eigenvalue weighted by atomic mass is 35.5. The molecule has 1 amide bonds. The normalized spacial score (nSPS) is 15.9. The third-order valence-corrected chi connectivity index (χ3v) is 3.65. The Morgan fingerprint density at radius 2 is 1.83 bits per heavy atom. The average molecular weight is 274 g/mol. The van der Waals surface area contributed by atoms with E-state index in [9.17, 15) is 13.6 Å². The number of nitrogens with zero attached hydrogens (tertiary/aromatic N) is 1. The Kier molecular flexibility index (Phi) is 3.85. The van der Waals surface area contributed by atoms with Crippen LogP contribution in [-0.2, 0) is 0 Å². The molecular formula is C13H14ClF2NO. The quantitative estimate of drug-likeness (QED) is 0.717. The summed E-state index contributed by atoms with van der Waals surface area (Å²) in [6.07, 6.45) is 2.86. The molecule has 0 aromatic heterocycles. The van der Waals surface area contributed by atoms with Crippen molar-refractivity contribution in [1.82, 2.24) is 4.90 Å². The summed E-state index contributed by atoms with van der Waals surface area (Å²) in [4.78, 5) is 13.6.